The van der Waals surface area contributed by atoms with Crippen molar-refractivity contribution in [2.45, 2.75) is 0 Å². The van der Waals surface area contributed by atoms with Crippen LogP contribution in [0.15, 0.2) is 6.33 Å². The second-order valence-corrected chi connectivity index (χ2v) is 5.42. The SMILES string of the molecule is c1nc2nc(NN3CCOCC3)nc(NN3CCOCC3)c2[nH]1. The van der Waals surface area contributed by atoms with E-state index < -0.39 is 0 Å². The Hall–Kier alpha value is -2.01. The summed E-state index contributed by atoms with van der Waals surface area (Å²) in [6, 6.07) is 0. The normalized spacial score (nSPS) is 20.7. The van der Waals surface area contributed by atoms with Gasteiger partial charge in [-0.25, -0.2) is 15.0 Å². The highest BCUT2D eigenvalue weighted by Crippen LogP contribution is 2.20. The molecule has 23 heavy (non-hydrogen) atoms. The van der Waals surface area contributed by atoms with Gasteiger partial charge in [-0.1, -0.05) is 0 Å². The van der Waals surface area contributed by atoms with Gasteiger partial charge in [0.25, 0.3) is 0 Å². The number of H-pyrrole nitrogens is 1. The third-order valence-corrected chi connectivity index (χ3v) is 3.83. The Kier molecular flexibility index (Phi) is 4.20. The van der Waals surface area contributed by atoms with Crippen molar-refractivity contribution in [3.8, 4) is 0 Å². The molecule has 0 spiro atoms. The second kappa shape index (κ2) is 6.62. The number of fused-ring (bicyclic) bond motifs is 1. The average Bonchev–Trinajstić information content (AvgIpc) is 3.05. The summed E-state index contributed by atoms with van der Waals surface area (Å²) >= 11 is 0. The maximum atomic E-state index is 5.37. The van der Waals surface area contributed by atoms with Crippen LogP contribution in [0.4, 0.5) is 11.8 Å². The summed E-state index contributed by atoms with van der Waals surface area (Å²) in [6.45, 7) is 6.05. The van der Waals surface area contributed by atoms with E-state index >= 15 is 0 Å². The number of morpholine rings is 2. The van der Waals surface area contributed by atoms with Crippen LogP contribution in [-0.4, -0.2) is 82.6 Å². The molecule has 10 heteroatoms. The first-order chi connectivity index (χ1) is 11.4. The largest absolute Gasteiger partial charge is 0.379 e. The summed E-state index contributed by atoms with van der Waals surface area (Å²) in [5.41, 5.74) is 8.00. The number of aromatic nitrogens is 4. The molecule has 4 rings (SSSR count). The van der Waals surface area contributed by atoms with Gasteiger partial charge in [0.2, 0.25) is 5.95 Å². The summed E-state index contributed by atoms with van der Waals surface area (Å²) in [5, 5.41) is 4.14. The summed E-state index contributed by atoms with van der Waals surface area (Å²) in [4.78, 5) is 16.4. The van der Waals surface area contributed by atoms with Crippen LogP contribution < -0.4 is 10.9 Å². The predicted octanol–water partition coefficient (Wildman–Crippen LogP) is -0.329. The monoisotopic (exact) mass is 320 g/mol. The third kappa shape index (κ3) is 3.34. The topological polar surface area (TPSA) is 103 Å². The highest BCUT2D eigenvalue weighted by Gasteiger charge is 2.17. The Bertz CT molecular complexity index is 650. The number of hydrogen-bond acceptors (Lipinski definition) is 9. The lowest BCUT2D eigenvalue weighted by molar-refractivity contribution is 0.0489. The molecular weight excluding hydrogens is 300 g/mol. The molecule has 0 saturated carbocycles. The lowest BCUT2D eigenvalue weighted by Gasteiger charge is -2.28. The zero-order chi connectivity index (χ0) is 15.5. The average molecular weight is 320 g/mol. The fourth-order valence-corrected chi connectivity index (χ4v) is 2.61. The fraction of sp³-hybridized carbons (Fsp3) is 0.615. The van der Waals surface area contributed by atoms with E-state index in [4.69, 9.17) is 9.47 Å². The number of anilines is 2. The molecule has 0 unspecified atom stereocenters. The molecule has 0 aromatic carbocycles. The number of nitrogens with one attached hydrogen (secondary N) is 3. The highest BCUT2D eigenvalue weighted by atomic mass is 16.5. The van der Waals surface area contributed by atoms with Crippen LogP contribution in [0.25, 0.3) is 11.2 Å². The number of hydrazine groups is 2. The van der Waals surface area contributed by atoms with Crippen LogP contribution in [0, 0.1) is 0 Å². The number of aromatic amines is 1. The van der Waals surface area contributed by atoms with E-state index in [1.165, 1.54) is 0 Å². The van der Waals surface area contributed by atoms with Gasteiger partial charge in [0.1, 0.15) is 5.52 Å². The van der Waals surface area contributed by atoms with Gasteiger partial charge in [0.05, 0.1) is 32.8 Å². The van der Waals surface area contributed by atoms with Crippen LogP contribution in [0.1, 0.15) is 0 Å². The van der Waals surface area contributed by atoms with Crippen molar-refractivity contribution >= 4 is 22.9 Å². The van der Waals surface area contributed by atoms with Crippen molar-refractivity contribution in [1.29, 1.82) is 0 Å². The molecule has 2 fully saturated rings. The van der Waals surface area contributed by atoms with Crippen molar-refractivity contribution < 1.29 is 9.47 Å². The molecule has 124 valence electrons. The molecule has 0 bridgehead atoms. The van der Waals surface area contributed by atoms with Crippen molar-refractivity contribution in [2.75, 3.05) is 63.5 Å². The molecular formula is C13H20N8O2. The summed E-state index contributed by atoms with van der Waals surface area (Å²) < 4.78 is 10.7. The number of ether oxygens (including phenoxy) is 2. The van der Waals surface area contributed by atoms with E-state index in [0.29, 0.717) is 43.8 Å². The van der Waals surface area contributed by atoms with Crippen LogP contribution in [-0.2, 0) is 9.47 Å². The summed E-state index contributed by atoms with van der Waals surface area (Å²) in [7, 11) is 0. The molecule has 0 aliphatic carbocycles. The van der Waals surface area contributed by atoms with Crippen LogP contribution in [0.2, 0.25) is 0 Å². The third-order valence-electron chi connectivity index (χ3n) is 3.83. The van der Waals surface area contributed by atoms with E-state index in [-0.39, 0.29) is 0 Å². The minimum Gasteiger partial charge on any atom is -0.379 e. The number of nitrogens with zero attached hydrogens (tertiary/aromatic N) is 5. The molecule has 2 aromatic rings. The van der Waals surface area contributed by atoms with Crippen molar-refractivity contribution in [2.24, 2.45) is 0 Å². The second-order valence-electron chi connectivity index (χ2n) is 5.42. The van der Waals surface area contributed by atoms with Gasteiger partial charge in [0, 0.05) is 26.2 Å². The molecule has 3 N–H and O–H groups in total. The first-order valence-corrected chi connectivity index (χ1v) is 7.78. The minimum absolute atomic E-state index is 0.530. The summed E-state index contributed by atoms with van der Waals surface area (Å²) in [6.07, 6.45) is 1.63. The Morgan fingerprint density at radius 3 is 2.26 bits per heavy atom. The Labute approximate surface area is 133 Å². The van der Waals surface area contributed by atoms with Gasteiger partial charge in [-0.3, -0.25) is 5.43 Å². The van der Waals surface area contributed by atoms with Gasteiger partial charge >= 0.3 is 0 Å². The van der Waals surface area contributed by atoms with Crippen molar-refractivity contribution in [1.82, 2.24) is 30.0 Å². The molecule has 10 nitrogen and oxygen atoms in total. The molecule has 0 radical (unpaired) electrons. The molecule has 2 aliphatic rings. The van der Waals surface area contributed by atoms with E-state index in [9.17, 15) is 0 Å². The Morgan fingerprint density at radius 2 is 1.57 bits per heavy atom. The zero-order valence-electron chi connectivity index (χ0n) is 12.8. The summed E-state index contributed by atoms with van der Waals surface area (Å²) in [5.74, 6) is 1.24. The molecule has 2 aliphatic heterocycles. The van der Waals surface area contributed by atoms with Gasteiger partial charge in [-0.15, -0.1) is 0 Å². The predicted molar refractivity (Wildman–Crippen MR) is 83.7 cm³/mol. The van der Waals surface area contributed by atoms with Gasteiger partial charge < -0.3 is 19.9 Å². The van der Waals surface area contributed by atoms with E-state index in [1.807, 2.05) is 0 Å². The van der Waals surface area contributed by atoms with E-state index in [1.54, 1.807) is 6.33 Å². The van der Waals surface area contributed by atoms with Crippen molar-refractivity contribution in [3.63, 3.8) is 0 Å². The van der Waals surface area contributed by atoms with Crippen LogP contribution >= 0.6 is 0 Å². The first kappa shape index (κ1) is 14.6. The van der Waals surface area contributed by atoms with Crippen LogP contribution in [0.3, 0.4) is 0 Å². The molecule has 2 aromatic heterocycles. The Balaban J connectivity index is 1.55. The van der Waals surface area contributed by atoms with Gasteiger partial charge in [-0.2, -0.15) is 9.97 Å². The number of hydrogen-bond donors (Lipinski definition) is 3. The maximum Gasteiger partial charge on any atom is 0.241 e. The first-order valence-electron chi connectivity index (χ1n) is 7.78. The maximum absolute atomic E-state index is 5.37. The van der Waals surface area contributed by atoms with E-state index in [2.05, 4.69) is 40.8 Å². The molecule has 0 atom stereocenters. The van der Waals surface area contributed by atoms with Gasteiger partial charge in [0.15, 0.2) is 11.5 Å². The highest BCUT2D eigenvalue weighted by molar-refractivity contribution is 5.83. The van der Waals surface area contributed by atoms with Crippen molar-refractivity contribution in [3.05, 3.63) is 6.33 Å². The lowest BCUT2D eigenvalue weighted by atomic mass is 10.4. The minimum atomic E-state index is 0.530. The Morgan fingerprint density at radius 1 is 0.913 bits per heavy atom. The van der Waals surface area contributed by atoms with E-state index in [0.717, 1.165) is 31.7 Å². The standard InChI is InChI=1S/C13H20N8O2/c1-5-22-6-2-20(1)18-12-10-11(15-9-14-10)16-13(17-12)19-21-3-7-23-8-4-21/h9H,1-8H2,(H3,14,15,16,17,18,19). The van der Waals surface area contributed by atoms with Gasteiger partial charge in [-0.05, 0) is 0 Å². The molecule has 0 amide bonds. The zero-order valence-corrected chi connectivity index (χ0v) is 12.8. The number of rotatable bonds is 4. The fourth-order valence-electron chi connectivity index (χ4n) is 2.61. The molecule has 2 saturated heterocycles. The molecule has 4 heterocycles. The number of imidazole rings is 1. The van der Waals surface area contributed by atoms with Crippen LogP contribution in [0.5, 0.6) is 0 Å². The lowest BCUT2D eigenvalue weighted by Crippen LogP contribution is -2.41. The smallest absolute Gasteiger partial charge is 0.241 e. The quantitative estimate of drug-likeness (QED) is 0.698.